The molecular formula is C21H19F2N3O4. The van der Waals surface area contributed by atoms with E-state index in [0.29, 0.717) is 5.56 Å². The van der Waals surface area contributed by atoms with Crippen molar-refractivity contribution in [3.05, 3.63) is 81.9 Å². The van der Waals surface area contributed by atoms with E-state index in [-0.39, 0.29) is 47.7 Å². The van der Waals surface area contributed by atoms with Gasteiger partial charge in [-0.25, -0.2) is 13.8 Å². The summed E-state index contributed by atoms with van der Waals surface area (Å²) in [6, 6.07) is 9.20. The number of hydrogen-bond donors (Lipinski definition) is 0. The molecule has 3 aromatic rings. The number of aromatic nitrogens is 1. The fraction of sp³-hybridized carbons (Fsp3) is 0.238. The van der Waals surface area contributed by atoms with E-state index in [1.54, 1.807) is 26.1 Å². The first-order chi connectivity index (χ1) is 14.3. The monoisotopic (exact) mass is 415 g/mol. The van der Waals surface area contributed by atoms with Crippen LogP contribution in [0.2, 0.25) is 0 Å². The van der Waals surface area contributed by atoms with Crippen LogP contribution >= 0.6 is 0 Å². The Morgan fingerprint density at radius 2 is 1.90 bits per heavy atom. The molecule has 1 heterocycles. The van der Waals surface area contributed by atoms with Gasteiger partial charge in [-0.3, -0.25) is 14.9 Å². The Balaban J connectivity index is 1.65. The van der Waals surface area contributed by atoms with E-state index in [0.717, 1.165) is 12.1 Å². The van der Waals surface area contributed by atoms with E-state index in [1.165, 1.54) is 29.3 Å². The summed E-state index contributed by atoms with van der Waals surface area (Å²) >= 11 is 0. The molecule has 9 heteroatoms. The Labute approximate surface area is 171 Å². The van der Waals surface area contributed by atoms with Gasteiger partial charge in [0.05, 0.1) is 22.7 Å². The van der Waals surface area contributed by atoms with Crippen LogP contribution < -0.4 is 0 Å². The van der Waals surface area contributed by atoms with Crippen molar-refractivity contribution in [2.75, 3.05) is 7.05 Å². The maximum atomic E-state index is 13.9. The molecule has 0 fully saturated rings. The zero-order chi connectivity index (χ0) is 21.8. The minimum absolute atomic E-state index is 0.0482. The Bertz CT molecular complexity index is 1060. The Hall–Kier alpha value is -3.62. The maximum absolute atomic E-state index is 13.9. The fourth-order valence-corrected chi connectivity index (χ4v) is 3.00. The molecule has 0 bridgehead atoms. The third kappa shape index (κ3) is 4.51. The molecule has 1 atom stereocenters. The molecule has 1 aromatic heterocycles. The number of rotatable bonds is 7. The summed E-state index contributed by atoms with van der Waals surface area (Å²) in [7, 11) is 1.60. The second-order valence-electron chi connectivity index (χ2n) is 6.75. The summed E-state index contributed by atoms with van der Waals surface area (Å²) in [5.74, 6) is -1.63. The lowest BCUT2D eigenvalue weighted by atomic mass is 10.1. The van der Waals surface area contributed by atoms with Crippen LogP contribution in [0.4, 0.5) is 14.5 Å². The van der Waals surface area contributed by atoms with Gasteiger partial charge >= 0.3 is 0 Å². The Morgan fingerprint density at radius 1 is 1.23 bits per heavy atom. The van der Waals surface area contributed by atoms with Gasteiger partial charge in [-0.15, -0.1) is 0 Å². The molecule has 0 saturated carbocycles. The first-order valence-corrected chi connectivity index (χ1v) is 9.17. The molecule has 3 rings (SSSR count). The molecule has 1 amide bonds. The summed E-state index contributed by atoms with van der Waals surface area (Å²) < 4.78 is 33.1. The number of oxazole rings is 1. The summed E-state index contributed by atoms with van der Waals surface area (Å²) in [6.45, 7) is 1.77. The largest absolute Gasteiger partial charge is 0.441 e. The molecule has 0 aliphatic carbocycles. The van der Waals surface area contributed by atoms with Crippen molar-refractivity contribution in [2.45, 2.75) is 25.8 Å². The van der Waals surface area contributed by atoms with Crippen LogP contribution in [0, 0.1) is 21.7 Å². The number of carbonyl (C=O) groups is 1. The Morgan fingerprint density at radius 3 is 2.57 bits per heavy atom. The molecule has 0 radical (unpaired) electrons. The fourth-order valence-electron chi connectivity index (χ4n) is 3.00. The number of nitro groups is 1. The van der Waals surface area contributed by atoms with Crippen LogP contribution in [-0.2, 0) is 11.2 Å². The average Bonchev–Trinajstić information content (AvgIpc) is 3.19. The number of halogens is 2. The van der Waals surface area contributed by atoms with Gasteiger partial charge in [0.25, 0.3) is 5.69 Å². The minimum Gasteiger partial charge on any atom is -0.441 e. The Kier molecular flexibility index (Phi) is 6.20. The first kappa shape index (κ1) is 21.1. The number of aryl methyl sites for hydroxylation is 1. The number of hydrogen-bond acceptors (Lipinski definition) is 5. The van der Waals surface area contributed by atoms with Crippen LogP contribution in [0.1, 0.15) is 30.8 Å². The van der Waals surface area contributed by atoms with Gasteiger partial charge in [0.15, 0.2) is 11.7 Å². The van der Waals surface area contributed by atoms with Gasteiger partial charge < -0.3 is 9.32 Å². The van der Waals surface area contributed by atoms with E-state index in [4.69, 9.17) is 4.42 Å². The van der Waals surface area contributed by atoms with Gasteiger partial charge in [-0.05, 0) is 24.6 Å². The van der Waals surface area contributed by atoms with Crippen LogP contribution in [0.15, 0.2) is 53.1 Å². The van der Waals surface area contributed by atoms with Crippen LogP contribution in [0.3, 0.4) is 0 Å². The van der Waals surface area contributed by atoms with E-state index >= 15 is 0 Å². The summed E-state index contributed by atoms with van der Waals surface area (Å²) in [6.07, 6.45) is 1.41. The third-order valence-electron chi connectivity index (χ3n) is 4.85. The molecule has 2 aromatic carbocycles. The van der Waals surface area contributed by atoms with Gasteiger partial charge in [-0.1, -0.05) is 18.2 Å². The van der Waals surface area contributed by atoms with E-state index < -0.39 is 16.6 Å². The van der Waals surface area contributed by atoms with Gasteiger partial charge in [0, 0.05) is 32.0 Å². The van der Waals surface area contributed by atoms with Crippen molar-refractivity contribution in [1.82, 2.24) is 9.88 Å². The lowest BCUT2D eigenvalue weighted by molar-refractivity contribution is -0.384. The predicted molar refractivity (Wildman–Crippen MR) is 104 cm³/mol. The van der Waals surface area contributed by atoms with Crippen molar-refractivity contribution >= 4 is 11.6 Å². The van der Waals surface area contributed by atoms with Crippen LogP contribution in [-0.4, -0.2) is 27.8 Å². The molecule has 0 aliphatic heterocycles. The standard InChI is InChI=1S/C21H19F2N3O4/c1-13(14-5-3-6-15(11-14)26(28)29)25(2)20(27)10-9-19-24-12-18(30-19)21-16(22)7-4-8-17(21)23/h3-8,11-13H,9-10H2,1-2H3/t13-/m0/s1. The molecule has 0 unspecified atom stereocenters. The number of benzene rings is 2. The first-order valence-electron chi connectivity index (χ1n) is 9.17. The van der Waals surface area contributed by atoms with Crippen molar-refractivity contribution in [2.24, 2.45) is 0 Å². The predicted octanol–water partition coefficient (Wildman–Crippen LogP) is 4.68. The molecular weight excluding hydrogens is 396 g/mol. The third-order valence-corrected chi connectivity index (χ3v) is 4.85. The zero-order valence-corrected chi connectivity index (χ0v) is 16.3. The molecule has 30 heavy (non-hydrogen) atoms. The SMILES string of the molecule is C[C@@H](c1cccc([N+](=O)[O-])c1)N(C)C(=O)CCc1ncc(-c2c(F)cccc2F)o1. The van der Waals surface area contributed by atoms with Crippen LogP contribution in [0.25, 0.3) is 11.3 Å². The van der Waals surface area contributed by atoms with Crippen molar-refractivity contribution in [3.8, 4) is 11.3 Å². The number of non-ortho nitro benzene ring substituents is 1. The summed E-state index contributed by atoms with van der Waals surface area (Å²) in [5, 5.41) is 10.9. The maximum Gasteiger partial charge on any atom is 0.269 e. The second-order valence-corrected chi connectivity index (χ2v) is 6.75. The highest BCUT2D eigenvalue weighted by atomic mass is 19.1. The summed E-state index contributed by atoms with van der Waals surface area (Å²) in [4.78, 5) is 28.5. The van der Waals surface area contributed by atoms with E-state index in [2.05, 4.69) is 4.98 Å². The molecule has 156 valence electrons. The molecule has 0 N–H and O–H groups in total. The number of nitro benzene ring substituents is 1. The van der Waals surface area contributed by atoms with E-state index in [9.17, 15) is 23.7 Å². The zero-order valence-electron chi connectivity index (χ0n) is 16.3. The second kappa shape index (κ2) is 8.81. The summed E-state index contributed by atoms with van der Waals surface area (Å²) in [5.41, 5.74) is 0.278. The van der Waals surface area contributed by atoms with Gasteiger partial charge in [0.2, 0.25) is 5.91 Å². The minimum atomic E-state index is -0.765. The number of carbonyl (C=O) groups excluding carboxylic acids is 1. The van der Waals surface area contributed by atoms with Crippen molar-refractivity contribution < 1.29 is 22.9 Å². The molecule has 7 nitrogen and oxygen atoms in total. The number of nitrogens with zero attached hydrogens (tertiary/aromatic N) is 3. The number of amides is 1. The van der Waals surface area contributed by atoms with Gasteiger partial charge in [0.1, 0.15) is 11.6 Å². The normalized spacial score (nSPS) is 11.9. The smallest absolute Gasteiger partial charge is 0.269 e. The lowest BCUT2D eigenvalue weighted by Gasteiger charge is -2.25. The quantitative estimate of drug-likeness (QED) is 0.413. The van der Waals surface area contributed by atoms with Crippen molar-refractivity contribution in [1.29, 1.82) is 0 Å². The molecule has 0 aliphatic rings. The molecule has 0 spiro atoms. The lowest BCUT2D eigenvalue weighted by Crippen LogP contribution is -2.29. The highest BCUT2D eigenvalue weighted by molar-refractivity contribution is 5.76. The average molecular weight is 415 g/mol. The van der Waals surface area contributed by atoms with Gasteiger partial charge in [-0.2, -0.15) is 0 Å². The topological polar surface area (TPSA) is 89.5 Å². The van der Waals surface area contributed by atoms with E-state index in [1.807, 2.05) is 0 Å². The highest BCUT2D eigenvalue weighted by Crippen LogP contribution is 2.27. The molecule has 0 saturated heterocycles. The highest BCUT2D eigenvalue weighted by Gasteiger charge is 2.21. The van der Waals surface area contributed by atoms with Crippen LogP contribution in [0.5, 0.6) is 0 Å². The van der Waals surface area contributed by atoms with Crippen molar-refractivity contribution in [3.63, 3.8) is 0 Å².